The fraction of sp³-hybridized carbons (Fsp3) is 0.300. The van der Waals surface area contributed by atoms with Gasteiger partial charge in [0.15, 0.2) is 0 Å². The van der Waals surface area contributed by atoms with Gasteiger partial charge in [0.1, 0.15) is 11.3 Å². The predicted octanol–water partition coefficient (Wildman–Crippen LogP) is 5.23. The first kappa shape index (κ1) is 23.4. The van der Waals surface area contributed by atoms with E-state index in [1.165, 1.54) is 11.1 Å². The molecular formula is C30H28N4O3S. The van der Waals surface area contributed by atoms with Gasteiger partial charge in [0, 0.05) is 36.1 Å². The third-order valence-corrected chi connectivity index (χ3v) is 8.95. The Morgan fingerprint density at radius 3 is 2.76 bits per heavy atom. The summed E-state index contributed by atoms with van der Waals surface area (Å²) in [6, 6.07) is 16.3. The lowest BCUT2D eigenvalue weighted by Gasteiger charge is -2.37. The average molecular weight is 525 g/mol. The Labute approximate surface area is 223 Å². The second kappa shape index (κ2) is 9.22. The maximum absolute atomic E-state index is 14.2. The van der Waals surface area contributed by atoms with Gasteiger partial charge in [-0.05, 0) is 66.5 Å². The van der Waals surface area contributed by atoms with E-state index >= 15 is 0 Å². The number of H-pyrrole nitrogens is 1. The van der Waals surface area contributed by atoms with Crippen molar-refractivity contribution in [3.63, 3.8) is 0 Å². The zero-order chi connectivity index (χ0) is 25.8. The Morgan fingerprint density at radius 2 is 1.95 bits per heavy atom. The van der Waals surface area contributed by atoms with Crippen LogP contribution in [0.3, 0.4) is 0 Å². The summed E-state index contributed by atoms with van der Waals surface area (Å²) in [4.78, 5) is 38.1. The van der Waals surface area contributed by atoms with E-state index in [4.69, 9.17) is 4.74 Å². The lowest BCUT2D eigenvalue weighted by molar-refractivity contribution is 0.0696. The lowest BCUT2D eigenvalue weighted by Crippen LogP contribution is -2.40. The van der Waals surface area contributed by atoms with Gasteiger partial charge in [-0.25, -0.2) is 4.98 Å². The van der Waals surface area contributed by atoms with E-state index in [0.717, 1.165) is 41.0 Å². The number of imidazole rings is 1. The SMILES string of the molecule is Cc1cc2c(cc1C(=O)N1CCc3ccccc3C1c1cccs1)[nH]c(=O)c1cnc(C3CCOCC3)n12. The summed E-state index contributed by atoms with van der Waals surface area (Å²) in [6.45, 7) is 4.01. The zero-order valence-electron chi connectivity index (χ0n) is 21.1. The van der Waals surface area contributed by atoms with Gasteiger partial charge in [0.05, 0.1) is 23.3 Å². The molecule has 5 heterocycles. The molecule has 2 aliphatic rings. The molecular weight excluding hydrogens is 496 g/mol. The minimum Gasteiger partial charge on any atom is -0.381 e. The molecule has 1 unspecified atom stereocenters. The first-order valence-electron chi connectivity index (χ1n) is 13.1. The maximum atomic E-state index is 14.2. The monoisotopic (exact) mass is 524 g/mol. The van der Waals surface area contributed by atoms with Gasteiger partial charge in [0.2, 0.25) is 0 Å². The molecule has 7 rings (SSSR count). The number of fused-ring (bicyclic) bond motifs is 4. The molecule has 1 atom stereocenters. The van der Waals surface area contributed by atoms with E-state index in [1.54, 1.807) is 17.5 Å². The summed E-state index contributed by atoms with van der Waals surface area (Å²) in [5.74, 6) is 1.11. The van der Waals surface area contributed by atoms with E-state index in [-0.39, 0.29) is 23.4 Å². The van der Waals surface area contributed by atoms with E-state index in [0.29, 0.717) is 36.4 Å². The first-order valence-corrected chi connectivity index (χ1v) is 14.0. The molecule has 8 heteroatoms. The number of amides is 1. The molecule has 1 fully saturated rings. The minimum atomic E-state index is -0.200. The summed E-state index contributed by atoms with van der Waals surface area (Å²) in [7, 11) is 0. The molecule has 0 saturated carbocycles. The number of carbonyl (C=O) groups excluding carboxylic acids is 1. The number of ether oxygens (including phenoxy) is 1. The standard InChI is InChI=1S/C30H28N4O3S/c1-18-15-24-23(32-29(35)25-17-31-28(34(24)25)20-9-12-37-13-10-20)16-22(18)30(36)33-11-8-19-5-2-3-6-21(19)27(33)26-7-4-14-38-26/h2-7,14-17,20,27H,8-13H2,1H3,(H,32,35). The van der Waals surface area contributed by atoms with Crippen molar-refractivity contribution in [2.45, 2.75) is 38.1 Å². The van der Waals surface area contributed by atoms with Crippen molar-refractivity contribution in [3.8, 4) is 0 Å². The minimum absolute atomic E-state index is 0.0199. The van der Waals surface area contributed by atoms with Crippen LogP contribution in [0.2, 0.25) is 0 Å². The molecule has 5 aromatic rings. The molecule has 1 amide bonds. The van der Waals surface area contributed by atoms with Crippen LogP contribution in [0.5, 0.6) is 0 Å². The molecule has 7 nitrogen and oxygen atoms in total. The van der Waals surface area contributed by atoms with Crippen molar-refractivity contribution < 1.29 is 9.53 Å². The summed E-state index contributed by atoms with van der Waals surface area (Å²) >= 11 is 1.67. The summed E-state index contributed by atoms with van der Waals surface area (Å²) in [5.41, 5.74) is 5.81. The van der Waals surface area contributed by atoms with Gasteiger partial charge in [0.25, 0.3) is 11.5 Å². The van der Waals surface area contributed by atoms with Crippen LogP contribution in [-0.2, 0) is 11.2 Å². The van der Waals surface area contributed by atoms with E-state index < -0.39 is 0 Å². The Hall–Kier alpha value is -3.75. The predicted molar refractivity (Wildman–Crippen MR) is 148 cm³/mol. The third kappa shape index (κ3) is 3.70. The highest BCUT2D eigenvalue weighted by molar-refractivity contribution is 7.10. The number of aromatic amines is 1. The Morgan fingerprint density at radius 1 is 1.11 bits per heavy atom. The van der Waals surface area contributed by atoms with Crippen LogP contribution in [0.1, 0.15) is 62.6 Å². The van der Waals surface area contributed by atoms with Crippen molar-refractivity contribution in [1.82, 2.24) is 19.3 Å². The lowest BCUT2D eigenvalue weighted by atomic mass is 9.90. The molecule has 38 heavy (non-hydrogen) atoms. The molecule has 192 valence electrons. The number of hydrogen-bond acceptors (Lipinski definition) is 5. The highest BCUT2D eigenvalue weighted by Crippen LogP contribution is 2.38. The number of hydrogen-bond donors (Lipinski definition) is 1. The van der Waals surface area contributed by atoms with Crippen LogP contribution < -0.4 is 5.56 Å². The van der Waals surface area contributed by atoms with Gasteiger partial charge in [-0.15, -0.1) is 11.3 Å². The second-order valence-electron chi connectivity index (χ2n) is 10.2. The quantitative estimate of drug-likeness (QED) is 0.351. The Bertz CT molecular complexity index is 1730. The number of nitrogens with zero attached hydrogens (tertiary/aromatic N) is 3. The Balaban J connectivity index is 1.35. The number of aryl methyl sites for hydroxylation is 1. The van der Waals surface area contributed by atoms with Crippen molar-refractivity contribution in [3.05, 3.63) is 103 Å². The summed E-state index contributed by atoms with van der Waals surface area (Å²) in [5, 5.41) is 2.06. The highest BCUT2D eigenvalue weighted by atomic mass is 32.1. The maximum Gasteiger partial charge on any atom is 0.274 e. The number of rotatable bonds is 3. The molecule has 0 bridgehead atoms. The van der Waals surface area contributed by atoms with Gasteiger partial charge in [-0.2, -0.15) is 0 Å². The van der Waals surface area contributed by atoms with Gasteiger partial charge < -0.3 is 14.6 Å². The van der Waals surface area contributed by atoms with Crippen LogP contribution in [-0.4, -0.2) is 44.9 Å². The van der Waals surface area contributed by atoms with E-state index in [2.05, 4.69) is 39.6 Å². The smallest absolute Gasteiger partial charge is 0.274 e. The van der Waals surface area contributed by atoms with Crippen LogP contribution in [0.4, 0.5) is 0 Å². The highest BCUT2D eigenvalue weighted by Gasteiger charge is 2.34. The topological polar surface area (TPSA) is 79.7 Å². The molecule has 1 saturated heterocycles. The largest absolute Gasteiger partial charge is 0.381 e. The van der Waals surface area contributed by atoms with Crippen molar-refractivity contribution in [1.29, 1.82) is 0 Å². The van der Waals surface area contributed by atoms with Crippen LogP contribution >= 0.6 is 11.3 Å². The number of aromatic nitrogens is 3. The van der Waals surface area contributed by atoms with Crippen LogP contribution in [0, 0.1) is 6.92 Å². The molecule has 0 radical (unpaired) electrons. The normalized spacial score (nSPS) is 18.2. The van der Waals surface area contributed by atoms with Gasteiger partial charge in [-0.3, -0.25) is 14.0 Å². The fourth-order valence-electron chi connectivity index (χ4n) is 6.11. The molecule has 2 aliphatic heterocycles. The van der Waals surface area contributed by atoms with Gasteiger partial charge in [-0.1, -0.05) is 30.3 Å². The molecule has 0 aliphatic carbocycles. The van der Waals surface area contributed by atoms with Crippen LogP contribution in [0.25, 0.3) is 16.6 Å². The first-order chi connectivity index (χ1) is 18.6. The second-order valence-corrected chi connectivity index (χ2v) is 11.2. The van der Waals surface area contributed by atoms with Gasteiger partial charge >= 0.3 is 0 Å². The Kier molecular flexibility index (Phi) is 5.67. The molecule has 1 N–H and O–H groups in total. The molecule has 3 aromatic heterocycles. The van der Waals surface area contributed by atoms with E-state index in [9.17, 15) is 9.59 Å². The van der Waals surface area contributed by atoms with Crippen molar-refractivity contribution >= 4 is 33.8 Å². The summed E-state index contributed by atoms with van der Waals surface area (Å²) in [6.07, 6.45) is 4.23. The third-order valence-electron chi connectivity index (χ3n) is 8.03. The summed E-state index contributed by atoms with van der Waals surface area (Å²) < 4.78 is 7.53. The number of thiophene rings is 1. The van der Waals surface area contributed by atoms with E-state index in [1.807, 2.05) is 40.5 Å². The number of carbonyl (C=O) groups is 1. The fourth-order valence-corrected chi connectivity index (χ4v) is 6.97. The average Bonchev–Trinajstić information content (AvgIpc) is 3.64. The van der Waals surface area contributed by atoms with Crippen molar-refractivity contribution in [2.24, 2.45) is 0 Å². The zero-order valence-corrected chi connectivity index (χ0v) is 22.0. The molecule has 2 aromatic carbocycles. The van der Waals surface area contributed by atoms with Crippen LogP contribution in [0.15, 0.2) is 64.9 Å². The number of nitrogens with one attached hydrogen (secondary N) is 1. The van der Waals surface area contributed by atoms with Crippen molar-refractivity contribution in [2.75, 3.05) is 19.8 Å². The number of benzene rings is 2. The molecule has 0 spiro atoms.